The van der Waals surface area contributed by atoms with E-state index < -0.39 is 17.9 Å². The summed E-state index contributed by atoms with van der Waals surface area (Å²) < 4.78 is 53.9. The molecule has 0 spiro atoms. The van der Waals surface area contributed by atoms with Crippen LogP contribution in [0.15, 0.2) is 36.4 Å². The first-order chi connectivity index (χ1) is 11.6. The quantitative estimate of drug-likeness (QED) is 0.458. The highest BCUT2D eigenvalue weighted by molar-refractivity contribution is 6.30. The molecule has 0 fully saturated rings. The highest BCUT2D eigenvalue weighted by Gasteiger charge is 2.39. The molecule has 2 aromatic carbocycles. The number of carbonyl (C=O) groups is 1. The molecule has 0 heterocycles. The Morgan fingerprint density at radius 3 is 2.28 bits per heavy atom. The van der Waals surface area contributed by atoms with Crippen LogP contribution >= 0.6 is 11.6 Å². The van der Waals surface area contributed by atoms with Gasteiger partial charge >= 0.3 is 6.18 Å². The first-order valence-electron chi connectivity index (χ1n) is 7.39. The lowest BCUT2D eigenvalue weighted by Gasteiger charge is -2.18. The molecule has 6 heteroatoms. The van der Waals surface area contributed by atoms with Crippen molar-refractivity contribution in [3.63, 3.8) is 0 Å². The van der Waals surface area contributed by atoms with Gasteiger partial charge in [0.1, 0.15) is 12.1 Å². The minimum atomic E-state index is -4.55. The van der Waals surface area contributed by atoms with Crippen LogP contribution in [-0.2, 0) is 0 Å². The van der Waals surface area contributed by atoms with Crippen LogP contribution < -0.4 is 0 Å². The summed E-state index contributed by atoms with van der Waals surface area (Å²) in [5.41, 5.74) is 1.60. The zero-order valence-electron chi connectivity index (χ0n) is 13.5. The van der Waals surface area contributed by atoms with Crippen LogP contribution in [0.5, 0.6) is 0 Å². The molecule has 132 valence electrons. The highest BCUT2D eigenvalue weighted by Crippen LogP contribution is 2.38. The van der Waals surface area contributed by atoms with Gasteiger partial charge in [0.05, 0.1) is 10.9 Å². The zero-order chi connectivity index (χ0) is 18.8. The van der Waals surface area contributed by atoms with Gasteiger partial charge in [-0.3, -0.25) is 4.79 Å². The van der Waals surface area contributed by atoms with Gasteiger partial charge in [0, 0.05) is 5.56 Å². The summed E-state index contributed by atoms with van der Waals surface area (Å²) in [6.07, 6.45) is -1.54. The molecule has 0 aliphatic rings. The second-order valence-electron chi connectivity index (χ2n) is 5.75. The molecule has 2 rings (SSSR count). The van der Waals surface area contributed by atoms with E-state index in [1.54, 1.807) is 25.1 Å². The van der Waals surface area contributed by atoms with E-state index in [1.165, 1.54) is 13.0 Å². The van der Waals surface area contributed by atoms with Crippen molar-refractivity contribution in [2.45, 2.75) is 25.9 Å². The number of rotatable bonds is 4. The highest BCUT2D eigenvalue weighted by atomic mass is 35.5. The largest absolute Gasteiger partial charge is 0.399 e. The molecule has 25 heavy (non-hydrogen) atoms. The number of allylic oxidation sites excluding steroid dienone is 1. The maximum absolute atomic E-state index is 13.6. The van der Waals surface area contributed by atoms with Gasteiger partial charge < -0.3 is 0 Å². The van der Waals surface area contributed by atoms with Crippen molar-refractivity contribution >= 4 is 24.0 Å². The second-order valence-corrected chi connectivity index (χ2v) is 6.15. The lowest BCUT2D eigenvalue weighted by atomic mass is 9.95. The van der Waals surface area contributed by atoms with Gasteiger partial charge in [0.15, 0.2) is 0 Å². The molecular formula is C19H15ClF4O. The van der Waals surface area contributed by atoms with Crippen LogP contribution in [0.4, 0.5) is 17.6 Å². The summed E-state index contributed by atoms with van der Waals surface area (Å²) in [6, 6.07) is 6.86. The molecule has 2 aromatic rings. The molecule has 1 nitrogen and oxygen atoms in total. The third-order valence-electron chi connectivity index (χ3n) is 3.85. The van der Waals surface area contributed by atoms with Crippen LogP contribution in [-0.4, -0.2) is 12.5 Å². The van der Waals surface area contributed by atoms with Crippen molar-refractivity contribution in [3.8, 4) is 0 Å². The Labute approximate surface area is 147 Å². The van der Waals surface area contributed by atoms with E-state index in [0.717, 1.165) is 18.2 Å². The van der Waals surface area contributed by atoms with Crippen molar-refractivity contribution < 1.29 is 22.4 Å². The summed E-state index contributed by atoms with van der Waals surface area (Å²) in [4.78, 5) is 10.8. The minimum Gasteiger partial charge on any atom is -0.298 e. The van der Waals surface area contributed by atoms with E-state index in [-0.39, 0.29) is 16.1 Å². The standard InChI is InChI=1S/C19H15ClF4O/c1-11-7-13(3-5-14(11)10-25)4-6-16(19(22,23)24)15-8-12(2)18(21)17(20)9-15/h3-10,16H,1-2H3/b6-4+. The summed E-state index contributed by atoms with van der Waals surface area (Å²) in [5, 5.41) is -0.344. The van der Waals surface area contributed by atoms with Crippen molar-refractivity contribution in [2.75, 3.05) is 0 Å². The number of carbonyl (C=O) groups excluding carboxylic acids is 1. The van der Waals surface area contributed by atoms with Crippen molar-refractivity contribution in [2.24, 2.45) is 0 Å². The SMILES string of the molecule is Cc1cc(/C=C/C(c2cc(C)c(F)c(Cl)c2)C(F)(F)F)ccc1C=O. The predicted molar refractivity (Wildman–Crippen MR) is 90.5 cm³/mol. The van der Waals surface area contributed by atoms with Gasteiger partial charge in [0.2, 0.25) is 0 Å². The van der Waals surface area contributed by atoms with Crippen LogP contribution in [0.2, 0.25) is 5.02 Å². The Bertz CT molecular complexity index is 802. The number of aldehydes is 1. The molecule has 0 saturated carbocycles. The monoisotopic (exact) mass is 370 g/mol. The van der Waals surface area contributed by atoms with E-state index in [0.29, 0.717) is 23.0 Å². The molecule has 0 bridgehead atoms. The molecule has 1 unspecified atom stereocenters. The first-order valence-corrected chi connectivity index (χ1v) is 7.77. The van der Waals surface area contributed by atoms with Gasteiger partial charge in [-0.15, -0.1) is 0 Å². The molecular weight excluding hydrogens is 356 g/mol. The first kappa shape index (κ1) is 19.2. The average molecular weight is 371 g/mol. The number of benzene rings is 2. The average Bonchev–Trinajstić information content (AvgIpc) is 2.51. The van der Waals surface area contributed by atoms with Crippen molar-refractivity contribution in [3.05, 3.63) is 75.1 Å². The molecule has 0 aliphatic heterocycles. The molecule has 0 saturated heterocycles. The van der Waals surface area contributed by atoms with Crippen LogP contribution in [0.1, 0.15) is 38.5 Å². The molecule has 0 aliphatic carbocycles. The van der Waals surface area contributed by atoms with E-state index in [2.05, 4.69) is 0 Å². The van der Waals surface area contributed by atoms with Gasteiger partial charge in [-0.2, -0.15) is 13.2 Å². The van der Waals surface area contributed by atoms with E-state index in [4.69, 9.17) is 11.6 Å². The summed E-state index contributed by atoms with van der Waals surface area (Å²) in [7, 11) is 0. The van der Waals surface area contributed by atoms with Gasteiger partial charge in [-0.1, -0.05) is 48.0 Å². The molecule has 0 aromatic heterocycles. The molecule has 0 N–H and O–H groups in total. The Balaban J connectivity index is 2.43. The van der Waals surface area contributed by atoms with Gasteiger partial charge in [-0.05, 0) is 42.2 Å². The van der Waals surface area contributed by atoms with E-state index >= 15 is 0 Å². The Morgan fingerprint density at radius 2 is 1.76 bits per heavy atom. The third kappa shape index (κ3) is 4.48. The maximum Gasteiger partial charge on any atom is 0.399 e. The summed E-state index contributed by atoms with van der Waals surface area (Å²) >= 11 is 5.69. The van der Waals surface area contributed by atoms with Crippen LogP contribution in [0.3, 0.4) is 0 Å². The lowest BCUT2D eigenvalue weighted by Crippen LogP contribution is -2.19. The molecule has 0 radical (unpaired) electrons. The number of hydrogen-bond donors (Lipinski definition) is 0. The Morgan fingerprint density at radius 1 is 1.08 bits per heavy atom. The van der Waals surface area contributed by atoms with Crippen molar-refractivity contribution in [1.82, 2.24) is 0 Å². The number of aryl methyl sites for hydroxylation is 2. The number of alkyl halides is 3. The fourth-order valence-corrected chi connectivity index (χ4v) is 2.76. The molecule has 1 atom stereocenters. The molecule has 0 amide bonds. The fourth-order valence-electron chi connectivity index (χ4n) is 2.48. The number of halogens is 5. The van der Waals surface area contributed by atoms with Crippen LogP contribution in [0.25, 0.3) is 6.08 Å². The zero-order valence-corrected chi connectivity index (χ0v) is 14.3. The normalized spacial score (nSPS) is 13.2. The minimum absolute atomic E-state index is 0.0522. The lowest BCUT2D eigenvalue weighted by molar-refractivity contribution is -0.139. The topological polar surface area (TPSA) is 17.1 Å². The smallest absolute Gasteiger partial charge is 0.298 e. The van der Waals surface area contributed by atoms with Crippen molar-refractivity contribution in [1.29, 1.82) is 0 Å². The van der Waals surface area contributed by atoms with E-state index in [1.807, 2.05) is 0 Å². The Kier molecular flexibility index (Phi) is 5.68. The van der Waals surface area contributed by atoms with Crippen LogP contribution in [0, 0.1) is 19.7 Å². The predicted octanol–water partition coefficient (Wildman–Crippen LogP) is 6.27. The maximum atomic E-state index is 13.6. The summed E-state index contributed by atoms with van der Waals surface area (Å²) in [6.45, 7) is 3.06. The van der Waals surface area contributed by atoms with Gasteiger partial charge in [-0.25, -0.2) is 4.39 Å². The second kappa shape index (κ2) is 7.40. The third-order valence-corrected chi connectivity index (χ3v) is 4.12. The fraction of sp³-hybridized carbons (Fsp3) is 0.211. The van der Waals surface area contributed by atoms with Gasteiger partial charge in [0.25, 0.3) is 0 Å². The summed E-state index contributed by atoms with van der Waals surface area (Å²) in [5.74, 6) is -2.65. The number of hydrogen-bond acceptors (Lipinski definition) is 1. The Hall–Kier alpha value is -2.14. The van der Waals surface area contributed by atoms with E-state index in [9.17, 15) is 22.4 Å².